The lowest BCUT2D eigenvalue weighted by Gasteiger charge is -2.07. The zero-order valence-electron chi connectivity index (χ0n) is 9.45. The van der Waals surface area contributed by atoms with E-state index in [1.165, 1.54) is 24.3 Å². The molecule has 0 unspecified atom stereocenters. The zero-order chi connectivity index (χ0) is 13.0. The van der Waals surface area contributed by atoms with Crippen LogP contribution in [0.3, 0.4) is 0 Å². The van der Waals surface area contributed by atoms with Gasteiger partial charge in [-0.3, -0.25) is 0 Å². The number of nitrogens with zero attached hydrogens (tertiary/aromatic N) is 1. The van der Waals surface area contributed by atoms with Gasteiger partial charge in [0.15, 0.2) is 0 Å². The summed E-state index contributed by atoms with van der Waals surface area (Å²) in [5.41, 5.74) is 1.49. The van der Waals surface area contributed by atoms with Crippen molar-refractivity contribution < 1.29 is 8.78 Å². The van der Waals surface area contributed by atoms with E-state index >= 15 is 0 Å². The molecule has 0 spiro atoms. The molecule has 0 saturated carbocycles. The second-order valence-electron chi connectivity index (χ2n) is 3.79. The van der Waals surface area contributed by atoms with Gasteiger partial charge >= 0.3 is 0 Å². The molecular formula is C14H10F2N2. The van der Waals surface area contributed by atoms with Gasteiger partial charge < -0.3 is 5.32 Å². The summed E-state index contributed by atoms with van der Waals surface area (Å²) < 4.78 is 26.0. The third-order valence-electron chi connectivity index (χ3n) is 2.50. The number of anilines is 1. The fourth-order valence-corrected chi connectivity index (χ4v) is 1.52. The molecule has 0 aliphatic carbocycles. The third-order valence-corrected chi connectivity index (χ3v) is 2.50. The fourth-order valence-electron chi connectivity index (χ4n) is 1.52. The predicted octanol–water partition coefficient (Wildman–Crippen LogP) is 3.45. The summed E-state index contributed by atoms with van der Waals surface area (Å²) >= 11 is 0. The lowest BCUT2D eigenvalue weighted by atomic mass is 10.2. The van der Waals surface area contributed by atoms with E-state index in [1.54, 1.807) is 24.3 Å². The number of halogens is 2. The standard InChI is InChI=1S/C14H10F2N2/c15-12-4-1-10(2-5-12)9-18-13-6-3-11(8-17)14(16)7-13/h1-7,18H,9H2. The molecule has 0 aliphatic heterocycles. The monoisotopic (exact) mass is 244 g/mol. The number of nitrogens with one attached hydrogen (secondary N) is 1. The van der Waals surface area contributed by atoms with Crippen molar-refractivity contribution in [3.63, 3.8) is 0 Å². The third kappa shape index (κ3) is 2.83. The van der Waals surface area contributed by atoms with Crippen LogP contribution in [-0.4, -0.2) is 0 Å². The van der Waals surface area contributed by atoms with Gasteiger partial charge in [-0.15, -0.1) is 0 Å². The summed E-state index contributed by atoms with van der Waals surface area (Å²) in [5.74, 6) is -0.843. The average molecular weight is 244 g/mol. The molecule has 0 heterocycles. The highest BCUT2D eigenvalue weighted by molar-refractivity contribution is 5.48. The second kappa shape index (κ2) is 5.28. The van der Waals surface area contributed by atoms with E-state index in [9.17, 15) is 8.78 Å². The molecule has 0 saturated heterocycles. The molecule has 0 atom stereocenters. The lowest BCUT2D eigenvalue weighted by molar-refractivity contribution is 0.624. The topological polar surface area (TPSA) is 35.8 Å². The molecule has 90 valence electrons. The summed E-state index contributed by atoms with van der Waals surface area (Å²) in [6.45, 7) is 0.464. The highest BCUT2D eigenvalue weighted by Crippen LogP contribution is 2.15. The Bertz CT molecular complexity index is 586. The van der Waals surface area contributed by atoms with Crippen molar-refractivity contribution >= 4 is 5.69 Å². The van der Waals surface area contributed by atoms with Gasteiger partial charge in [0.25, 0.3) is 0 Å². The Hall–Kier alpha value is -2.41. The van der Waals surface area contributed by atoms with Crippen LogP contribution in [0.25, 0.3) is 0 Å². The quantitative estimate of drug-likeness (QED) is 0.897. The number of benzene rings is 2. The summed E-state index contributed by atoms with van der Waals surface area (Å²) in [4.78, 5) is 0. The van der Waals surface area contributed by atoms with Gasteiger partial charge in [0, 0.05) is 12.2 Å². The Kier molecular flexibility index (Phi) is 3.54. The number of rotatable bonds is 3. The normalized spacial score (nSPS) is 9.83. The summed E-state index contributed by atoms with van der Waals surface area (Å²) in [6.07, 6.45) is 0. The molecule has 2 rings (SSSR count). The van der Waals surface area contributed by atoms with E-state index < -0.39 is 5.82 Å². The molecule has 0 bridgehead atoms. The van der Waals surface area contributed by atoms with Crippen molar-refractivity contribution in [1.82, 2.24) is 0 Å². The number of hydrogen-bond acceptors (Lipinski definition) is 2. The summed E-state index contributed by atoms with van der Waals surface area (Å²) in [5, 5.41) is 11.6. The molecule has 2 aromatic rings. The molecule has 18 heavy (non-hydrogen) atoms. The SMILES string of the molecule is N#Cc1ccc(NCc2ccc(F)cc2)cc1F. The first kappa shape index (κ1) is 12.1. The molecular weight excluding hydrogens is 234 g/mol. The Morgan fingerprint density at radius 3 is 2.39 bits per heavy atom. The maximum Gasteiger partial charge on any atom is 0.143 e. The second-order valence-corrected chi connectivity index (χ2v) is 3.79. The highest BCUT2D eigenvalue weighted by atomic mass is 19.1. The fraction of sp³-hybridized carbons (Fsp3) is 0.0714. The van der Waals surface area contributed by atoms with Gasteiger partial charge in [-0.1, -0.05) is 12.1 Å². The predicted molar refractivity (Wildman–Crippen MR) is 64.8 cm³/mol. The Morgan fingerprint density at radius 2 is 1.78 bits per heavy atom. The maximum absolute atomic E-state index is 13.3. The molecule has 2 nitrogen and oxygen atoms in total. The minimum atomic E-state index is -0.554. The molecule has 2 aromatic carbocycles. The molecule has 0 fully saturated rings. The Labute approximate surface area is 103 Å². The zero-order valence-corrected chi connectivity index (χ0v) is 9.45. The van der Waals surface area contributed by atoms with E-state index in [4.69, 9.17) is 5.26 Å². The minimum absolute atomic E-state index is 0.0160. The largest absolute Gasteiger partial charge is 0.381 e. The minimum Gasteiger partial charge on any atom is -0.381 e. The Morgan fingerprint density at radius 1 is 1.06 bits per heavy atom. The van der Waals surface area contributed by atoms with Crippen LogP contribution < -0.4 is 5.32 Å². The molecule has 0 amide bonds. The van der Waals surface area contributed by atoms with Gasteiger partial charge in [0.2, 0.25) is 0 Å². The average Bonchev–Trinajstić information content (AvgIpc) is 2.38. The molecule has 1 N–H and O–H groups in total. The van der Waals surface area contributed by atoms with E-state index in [2.05, 4.69) is 5.32 Å². The van der Waals surface area contributed by atoms with E-state index in [1.807, 2.05) is 0 Å². The van der Waals surface area contributed by atoms with Crippen LogP contribution >= 0.6 is 0 Å². The molecule has 0 aromatic heterocycles. The van der Waals surface area contributed by atoms with Gasteiger partial charge in [0.05, 0.1) is 5.56 Å². The molecule has 0 aliphatic rings. The van der Waals surface area contributed by atoms with E-state index in [-0.39, 0.29) is 11.4 Å². The number of nitriles is 1. The summed E-state index contributed by atoms with van der Waals surface area (Å²) in [6, 6.07) is 12.1. The lowest BCUT2D eigenvalue weighted by Crippen LogP contribution is -2.00. The van der Waals surface area contributed by atoms with Crippen LogP contribution in [0.15, 0.2) is 42.5 Å². The van der Waals surface area contributed by atoms with Crippen LogP contribution in [0.4, 0.5) is 14.5 Å². The highest BCUT2D eigenvalue weighted by Gasteiger charge is 2.02. The maximum atomic E-state index is 13.3. The van der Waals surface area contributed by atoms with Crippen LogP contribution in [0.2, 0.25) is 0 Å². The first-order valence-corrected chi connectivity index (χ1v) is 5.37. The van der Waals surface area contributed by atoms with Crippen LogP contribution in [0, 0.1) is 23.0 Å². The van der Waals surface area contributed by atoms with Crippen molar-refractivity contribution in [3.05, 3.63) is 65.2 Å². The molecule has 4 heteroatoms. The van der Waals surface area contributed by atoms with Crippen molar-refractivity contribution in [2.24, 2.45) is 0 Å². The van der Waals surface area contributed by atoms with E-state index in [0.717, 1.165) is 5.56 Å². The molecule has 0 radical (unpaired) electrons. The van der Waals surface area contributed by atoms with Gasteiger partial charge in [0.1, 0.15) is 17.7 Å². The van der Waals surface area contributed by atoms with Gasteiger partial charge in [-0.05, 0) is 35.9 Å². The van der Waals surface area contributed by atoms with Crippen LogP contribution in [0.5, 0.6) is 0 Å². The van der Waals surface area contributed by atoms with E-state index in [0.29, 0.717) is 12.2 Å². The summed E-state index contributed by atoms with van der Waals surface area (Å²) in [7, 11) is 0. The Balaban J connectivity index is 2.04. The van der Waals surface area contributed by atoms with Crippen LogP contribution in [-0.2, 0) is 6.54 Å². The van der Waals surface area contributed by atoms with Crippen LogP contribution in [0.1, 0.15) is 11.1 Å². The van der Waals surface area contributed by atoms with Crippen molar-refractivity contribution in [2.75, 3.05) is 5.32 Å². The first-order valence-electron chi connectivity index (χ1n) is 5.37. The first-order chi connectivity index (χ1) is 8.69. The van der Waals surface area contributed by atoms with Gasteiger partial charge in [-0.25, -0.2) is 8.78 Å². The number of hydrogen-bond donors (Lipinski definition) is 1. The van der Waals surface area contributed by atoms with Gasteiger partial charge in [-0.2, -0.15) is 5.26 Å². The van der Waals surface area contributed by atoms with Crippen molar-refractivity contribution in [2.45, 2.75) is 6.54 Å². The van der Waals surface area contributed by atoms with Crippen molar-refractivity contribution in [1.29, 1.82) is 5.26 Å². The van der Waals surface area contributed by atoms with Crippen molar-refractivity contribution in [3.8, 4) is 6.07 Å². The smallest absolute Gasteiger partial charge is 0.143 e.